The van der Waals surface area contributed by atoms with Crippen LogP contribution in [-0.2, 0) is 0 Å². The van der Waals surface area contributed by atoms with Gasteiger partial charge in [-0.25, -0.2) is 4.39 Å². The molecule has 0 unspecified atom stereocenters. The average Bonchev–Trinajstić information content (AvgIpc) is 2.81. The van der Waals surface area contributed by atoms with Crippen LogP contribution in [0.1, 0.15) is 20.7 Å². The van der Waals surface area contributed by atoms with Crippen LogP contribution in [0.3, 0.4) is 0 Å². The molecule has 0 radical (unpaired) electrons. The number of carbonyl (C=O) groups is 2. The van der Waals surface area contributed by atoms with E-state index in [9.17, 15) is 14.0 Å². The number of fused-ring (bicyclic) bond motifs is 1. The number of hydrogen-bond donors (Lipinski definition) is 1. The second kappa shape index (κ2) is 5.77. The third kappa shape index (κ3) is 2.66. The molecule has 0 bridgehead atoms. The minimum atomic E-state index is -0.434. The monoisotopic (exact) mass is 329 g/mol. The first-order chi connectivity index (χ1) is 11.0. The molecule has 0 atom stereocenters. The molecule has 7 heteroatoms. The van der Waals surface area contributed by atoms with Crippen LogP contribution in [0.15, 0.2) is 48.5 Å². The molecule has 0 aliphatic carbocycles. The number of imide groups is 1. The van der Waals surface area contributed by atoms with Crippen LogP contribution >= 0.6 is 12.2 Å². The molecule has 1 heterocycles. The Hall–Kier alpha value is -2.80. The molecule has 2 amide bonds. The maximum Gasteiger partial charge on any atom is 0.280 e. The second-order valence-corrected chi connectivity index (χ2v) is 5.32. The van der Waals surface area contributed by atoms with Gasteiger partial charge in [0.15, 0.2) is 5.11 Å². The van der Waals surface area contributed by atoms with Crippen LogP contribution in [-0.4, -0.2) is 34.0 Å². The van der Waals surface area contributed by atoms with Gasteiger partial charge in [-0.05, 0) is 48.6 Å². The zero-order valence-electron chi connectivity index (χ0n) is 12.1. The number of carbonyl (C=O) groups excluding carboxylic acids is 2. The van der Waals surface area contributed by atoms with E-state index in [4.69, 9.17) is 12.2 Å². The van der Waals surface area contributed by atoms with Crippen LogP contribution < -0.4 is 5.32 Å². The first kappa shape index (κ1) is 15.1. The summed E-state index contributed by atoms with van der Waals surface area (Å²) in [7, 11) is 1.51. The SMILES string of the molecule is CN(C(=S)Nc1ccc(F)cc1)N1C(=O)c2ccccc2C1=O. The van der Waals surface area contributed by atoms with Gasteiger partial charge in [0.05, 0.1) is 11.1 Å². The molecule has 0 spiro atoms. The van der Waals surface area contributed by atoms with Crippen molar-refractivity contribution in [2.24, 2.45) is 0 Å². The third-order valence-electron chi connectivity index (χ3n) is 3.46. The lowest BCUT2D eigenvalue weighted by Crippen LogP contribution is -2.48. The molecule has 3 rings (SSSR count). The molecule has 23 heavy (non-hydrogen) atoms. The highest BCUT2D eigenvalue weighted by Gasteiger charge is 2.38. The fourth-order valence-electron chi connectivity index (χ4n) is 2.28. The van der Waals surface area contributed by atoms with Crippen molar-refractivity contribution in [2.45, 2.75) is 0 Å². The molecule has 2 aromatic rings. The van der Waals surface area contributed by atoms with Gasteiger partial charge in [-0.3, -0.25) is 14.6 Å². The van der Waals surface area contributed by atoms with Gasteiger partial charge >= 0.3 is 0 Å². The second-order valence-electron chi connectivity index (χ2n) is 4.93. The van der Waals surface area contributed by atoms with Crippen molar-refractivity contribution in [1.82, 2.24) is 10.0 Å². The molecule has 0 saturated heterocycles. The summed E-state index contributed by atoms with van der Waals surface area (Å²) in [5, 5.41) is 5.25. The van der Waals surface area contributed by atoms with E-state index in [0.717, 1.165) is 5.01 Å². The lowest BCUT2D eigenvalue weighted by atomic mass is 10.1. The maximum absolute atomic E-state index is 12.9. The Kier molecular flexibility index (Phi) is 3.79. The van der Waals surface area contributed by atoms with E-state index in [0.29, 0.717) is 16.8 Å². The lowest BCUT2D eigenvalue weighted by molar-refractivity contribution is 0.0366. The zero-order chi connectivity index (χ0) is 16.6. The maximum atomic E-state index is 12.9. The summed E-state index contributed by atoms with van der Waals surface area (Å²) >= 11 is 5.22. The van der Waals surface area contributed by atoms with E-state index in [-0.39, 0.29) is 10.9 Å². The predicted octanol–water partition coefficient (Wildman–Crippen LogP) is 2.67. The topological polar surface area (TPSA) is 52.6 Å². The number of nitrogens with zero attached hydrogens (tertiary/aromatic N) is 2. The standard InChI is InChI=1S/C16H12FN3O2S/c1-19(16(23)18-11-8-6-10(17)7-9-11)20-14(21)12-4-2-3-5-13(12)15(20)22/h2-9H,1H3,(H,18,23). The molecule has 0 aromatic heterocycles. The summed E-state index contributed by atoms with van der Waals surface area (Å²) in [6, 6.07) is 12.2. The highest BCUT2D eigenvalue weighted by molar-refractivity contribution is 7.80. The van der Waals surface area contributed by atoms with Crippen LogP contribution in [0, 0.1) is 5.82 Å². The highest BCUT2D eigenvalue weighted by Crippen LogP contribution is 2.24. The molecule has 116 valence electrons. The van der Waals surface area contributed by atoms with E-state index in [1.807, 2.05) is 0 Å². The number of hydrazine groups is 1. The highest BCUT2D eigenvalue weighted by atomic mass is 32.1. The summed E-state index contributed by atoms with van der Waals surface area (Å²) in [5.41, 5.74) is 1.24. The number of amides is 2. The first-order valence-electron chi connectivity index (χ1n) is 6.77. The summed E-state index contributed by atoms with van der Waals surface area (Å²) < 4.78 is 12.9. The number of benzene rings is 2. The van der Waals surface area contributed by atoms with Crippen LogP contribution in [0.5, 0.6) is 0 Å². The fraction of sp³-hybridized carbons (Fsp3) is 0.0625. The Morgan fingerprint density at radius 3 is 2.09 bits per heavy atom. The Labute approximate surface area is 137 Å². The van der Waals surface area contributed by atoms with Gasteiger partial charge in [0.1, 0.15) is 5.82 Å². The number of anilines is 1. The minimum absolute atomic E-state index is 0.145. The number of nitrogens with one attached hydrogen (secondary N) is 1. The first-order valence-corrected chi connectivity index (χ1v) is 7.18. The van der Waals surface area contributed by atoms with Gasteiger partial charge in [-0.15, -0.1) is 0 Å². The summed E-state index contributed by atoms with van der Waals surface area (Å²) in [6.07, 6.45) is 0. The van der Waals surface area contributed by atoms with Crippen LogP contribution in [0.4, 0.5) is 10.1 Å². The van der Waals surface area contributed by atoms with Crippen molar-refractivity contribution >= 4 is 34.8 Å². The van der Waals surface area contributed by atoms with Gasteiger partial charge in [0.25, 0.3) is 11.8 Å². The Morgan fingerprint density at radius 1 is 1.04 bits per heavy atom. The molecule has 1 aliphatic rings. The average molecular weight is 329 g/mol. The van der Waals surface area contributed by atoms with Crippen molar-refractivity contribution in [1.29, 1.82) is 0 Å². The normalized spacial score (nSPS) is 13.0. The van der Waals surface area contributed by atoms with Crippen molar-refractivity contribution in [3.8, 4) is 0 Å². The summed E-state index contributed by atoms with van der Waals surface area (Å²) in [6.45, 7) is 0. The third-order valence-corrected chi connectivity index (χ3v) is 3.83. The van der Waals surface area contributed by atoms with E-state index < -0.39 is 11.8 Å². The van der Waals surface area contributed by atoms with Crippen LogP contribution in [0.25, 0.3) is 0 Å². The molecule has 0 fully saturated rings. The minimum Gasteiger partial charge on any atom is -0.331 e. The van der Waals surface area contributed by atoms with Gasteiger partial charge in [0.2, 0.25) is 0 Å². The molecule has 5 nitrogen and oxygen atoms in total. The quantitative estimate of drug-likeness (QED) is 0.678. The van der Waals surface area contributed by atoms with Crippen molar-refractivity contribution in [3.63, 3.8) is 0 Å². The lowest BCUT2D eigenvalue weighted by Gasteiger charge is -2.28. The molecule has 2 aromatic carbocycles. The Morgan fingerprint density at radius 2 is 1.57 bits per heavy atom. The van der Waals surface area contributed by atoms with E-state index in [2.05, 4.69) is 5.32 Å². The molecular formula is C16H12FN3O2S. The van der Waals surface area contributed by atoms with Gasteiger partial charge < -0.3 is 5.32 Å². The summed E-state index contributed by atoms with van der Waals surface area (Å²) in [5.74, 6) is -1.23. The molecule has 0 saturated carbocycles. The Balaban J connectivity index is 1.79. The fourth-order valence-corrected chi connectivity index (χ4v) is 2.48. The molecular weight excluding hydrogens is 317 g/mol. The number of thiocarbonyl (C=S) groups is 1. The number of hydrogen-bond acceptors (Lipinski definition) is 3. The van der Waals surface area contributed by atoms with Gasteiger partial charge in [-0.2, -0.15) is 5.01 Å². The van der Waals surface area contributed by atoms with E-state index >= 15 is 0 Å². The molecule has 1 aliphatic heterocycles. The Bertz CT molecular complexity index is 772. The summed E-state index contributed by atoms with van der Waals surface area (Å²) in [4.78, 5) is 24.8. The van der Waals surface area contributed by atoms with Crippen LogP contribution in [0.2, 0.25) is 0 Å². The number of halogens is 1. The predicted molar refractivity (Wildman–Crippen MR) is 87.3 cm³/mol. The van der Waals surface area contributed by atoms with Crippen molar-refractivity contribution in [3.05, 3.63) is 65.5 Å². The zero-order valence-corrected chi connectivity index (χ0v) is 12.9. The number of rotatable bonds is 2. The van der Waals surface area contributed by atoms with E-state index in [1.54, 1.807) is 24.3 Å². The van der Waals surface area contributed by atoms with Crippen molar-refractivity contribution < 1.29 is 14.0 Å². The van der Waals surface area contributed by atoms with E-state index in [1.165, 1.54) is 36.3 Å². The molecule has 1 N–H and O–H groups in total. The smallest absolute Gasteiger partial charge is 0.280 e. The van der Waals surface area contributed by atoms with Gasteiger partial charge in [0, 0.05) is 12.7 Å². The van der Waals surface area contributed by atoms with Gasteiger partial charge in [-0.1, -0.05) is 12.1 Å². The van der Waals surface area contributed by atoms with Crippen molar-refractivity contribution in [2.75, 3.05) is 12.4 Å². The largest absolute Gasteiger partial charge is 0.331 e.